The van der Waals surface area contributed by atoms with Crippen molar-refractivity contribution < 1.29 is 4.74 Å². The molecule has 1 aromatic carbocycles. The summed E-state index contributed by atoms with van der Waals surface area (Å²) in [5.41, 5.74) is 6.54. The Morgan fingerprint density at radius 1 is 1.36 bits per heavy atom. The molecule has 1 saturated heterocycles. The number of H-pyrrole nitrogens is 1. The van der Waals surface area contributed by atoms with Crippen LogP contribution < -0.4 is 4.74 Å². The molecule has 0 radical (unpaired) electrons. The third kappa shape index (κ3) is 1.92. The molecule has 2 aromatic rings. The highest BCUT2D eigenvalue weighted by Gasteiger charge is 2.32. The standard InChI is InChI=1S/C19H22N2O/c1-4-13-10-21-8-7-15(13)12(2)19-17(11-21)16-9-14(22-3)5-6-18(16)20-19/h4-6,9,15,20H,2,7-8,10-11H2,1,3H3. The number of methoxy groups -OCH3 is 1. The number of ether oxygens (including phenoxy) is 1. The normalized spacial score (nSPS) is 26.1. The van der Waals surface area contributed by atoms with Crippen molar-refractivity contribution in [1.82, 2.24) is 9.88 Å². The Bertz CT molecular complexity index is 784. The Labute approximate surface area is 131 Å². The Kier molecular flexibility index (Phi) is 3.12. The maximum atomic E-state index is 5.40. The van der Waals surface area contributed by atoms with Crippen LogP contribution in [0.2, 0.25) is 0 Å². The van der Waals surface area contributed by atoms with Gasteiger partial charge < -0.3 is 9.72 Å². The fourth-order valence-electron chi connectivity index (χ4n) is 3.96. The minimum atomic E-state index is 0.482. The molecule has 0 spiro atoms. The molecule has 4 heterocycles. The molecule has 1 aromatic heterocycles. The first-order chi connectivity index (χ1) is 10.7. The van der Waals surface area contributed by atoms with Crippen molar-refractivity contribution in [2.24, 2.45) is 5.92 Å². The zero-order chi connectivity index (χ0) is 15.3. The summed E-state index contributed by atoms with van der Waals surface area (Å²) in [6, 6.07) is 6.27. The predicted molar refractivity (Wildman–Crippen MR) is 91.0 cm³/mol. The first-order valence-corrected chi connectivity index (χ1v) is 7.96. The second kappa shape index (κ2) is 5.03. The molecule has 3 aliphatic rings. The minimum absolute atomic E-state index is 0.482. The molecule has 22 heavy (non-hydrogen) atoms. The first-order valence-electron chi connectivity index (χ1n) is 7.96. The van der Waals surface area contributed by atoms with Crippen molar-refractivity contribution in [3.05, 3.63) is 47.7 Å². The minimum Gasteiger partial charge on any atom is -0.497 e. The van der Waals surface area contributed by atoms with Gasteiger partial charge in [0.15, 0.2) is 0 Å². The van der Waals surface area contributed by atoms with Crippen molar-refractivity contribution in [3.8, 4) is 5.75 Å². The van der Waals surface area contributed by atoms with Gasteiger partial charge >= 0.3 is 0 Å². The van der Waals surface area contributed by atoms with Crippen LogP contribution in [0.1, 0.15) is 24.6 Å². The highest BCUT2D eigenvalue weighted by molar-refractivity contribution is 5.91. The van der Waals surface area contributed by atoms with Crippen LogP contribution in [0.15, 0.2) is 36.4 Å². The van der Waals surface area contributed by atoms with E-state index in [0.29, 0.717) is 5.92 Å². The largest absolute Gasteiger partial charge is 0.497 e. The van der Waals surface area contributed by atoms with Crippen LogP contribution >= 0.6 is 0 Å². The number of hydrogen-bond acceptors (Lipinski definition) is 2. The number of fused-ring (bicyclic) bond motifs is 3. The van der Waals surface area contributed by atoms with Crippen molar-refractivity contribution in [1.29, 1.82) is 0 Å². The second-order valence-corrected chi connectivity index (χ2v) is 6.33. The number of hydrogen-bond donors (Lipinski definition) is 1. The van der Waals surface area contributed by atoms with Gasteiger partial charge in [0.05, 0.1) is 7.11 Å². The highest BCUT2D eigenvalue weighted by Crippen LogP contribution is 2.41. The van der Waals surface area contributed by atoms with Gasteiger partial charge in [-0.2, -0.15) is 0 Å². The highest BCUT2D eigenvalue weighted by atomic mass is 16.5. The van der Waals surface area contributed by atoms with Gasteiger partial charge in [0.2, 0.25) is 0 Å². The average Bonchev–Trinajstić information content (AvgIpc) is 2.89. The Balaban J connectivity index is 1.92. The Hall–Kier alpha value is -2.00. The molecule has 5 rings (SSSR count). The smallest absolute Gasteiger partial charge is 0.119 e. The molecular weight excluding hydrogens is 272 g/mol. The molecule has 0 saturated carbocycles. The predicted octanol–water partition coefficient (Wildman–Crippen LogP) is 3.97. The third-order valence-electron chi connectivity index (χ3n) is 5.20. The van der Waals surface area contributed by atoms with Crippen LogP contribution in [-0.2, 0) is 6.54 Å². The Morgan fingerprint density at radius 2 is 2.23 bits per heavy atom. The van der Waals surface area contributed by atoms with Gasteiger partial charge in [0.25, 0.3) is 0 Å². The summed E-state index contributed by atoms with van der Waals surface area (Å²) in [4.78, 5) is 6.15. The second-order valence-electron chi connectivity index (χ2n) is 6.33. The summed E-state index contributed by atoms with van der Waals surface area (Å²) < 4.78 is 5.40. The van der Waals surface area contributed by atoms with E-state index in [4.69, 9.17) is 4.74 Å². The zero-order valence-electron chi connectivity index (χ0n) is 13.3. The summed E-state index contributed by atoms with van der Waals surface area (Å²) in [5, 5.41) is 1.27. The lowest BCUT2D eigenvalue weighted by molar-refractivity contribution is 0.238. The molecular formula is C19H22N2O. The summed E-state index contributed by atoms with van der Waals surface area (Å²) in [7, 11) is 1.72. The summed E-state index contributed by atoms with van der Waals surface area (Å²) in [6.45, 7) is 9.79. The number of aromatic amines is 1. The quantitative estimate of drug-likeness (QED) is 0.806. The fourth-order valence-corrected chi connectivity index (χ4v) is 3.96. The lowest BCUT2D eigenvalue weighted by Gasteiger charge is -2.38. The number of rotatable bonds is 1. The topological polar surface area (TPSA) is 28.3 Å². The van der Waals surface area contributed by atoms with E-state index in [9.17, 15) is 0 Å². The van der Waals surface area contributed by atoms with Crippen LogP contribution in [-0.4, -0.2) is 30.1 Å². The summed E-state index contributed by atoms with van der Waals surface area (Å²) in [5.74, 6) is 1.39. The van der Waals surface area contributed by atoms with E-state index in [2.05, 4.69) is 41.6 Å². The fraction of sp³-hybridized carbons (Fsp3) is 0.368. The van der Waals surface area contributed by atoms with E-state index >= 15 is 0 Å². The van der Waals surface area contributed by atoms with Crippen LogP contribution in [0.4, 0.5) is 0 Å². The lowest BCUT2D eigenvalue weighted by atomic mass is 9.81. The number of aromatic nitrogens is 1. The van der Waals surface area contributed by atoms with Crippen LogP contribution in [0.5, 0.6) is 5.75 Å². The van der Waals surface area contributed by atoms with Gasteiger partial charge in [-0.15, -0.1) is 0 Å². The van der Waals surface area contributed by atoms with Gasteiger partial charge in [0, 0.05) is 35.6 Å². The van der Waals surface area contributed by atoms with Crippen LogP contribution in [0.25, 0.3) is 16.5 Å². The van der Waals surface area contributed by atoms with Crippen molar-refractivity contribution in [3.63, 3.8) is 0 Å². The molecule has 2 unspecified atom stereocenters. The Morgan fingerprint density at radius 3 is 3.00 bits per heavy atom. The van der Waals surface area contributed by atoms with Gasteiger partial charge in [-0.05, 0) is 49.2 Å². The molecule has 114 valence electrons. The molecule has 3 nitrogen and oxygen atoms in total. The van der Waals surface area contributed by atoms with Crippen molar-refractivity contribution in [2.45, 2.75) is 19.9 Å². The molecule has 1 fully saturated rings. The monoisotopic (exact) mass is 294 g/mol. The molecule has 2 atom stereocenters. The van der Waals surface area contributed by atoms with Crippen molar-refractivity contribution in [2.75, 3.05) is 20.2 Å². The number of benzene rings is 1. The molecule has 1 N–H and O–H groups in total. The molecule has 2 bridgehead atoms. The van der Waals surface area contributed by atoms with Crippen LogP contribution in [0.3, 0.4) is 0 Å². The van der Waals surface area contributed by atoms with Gasteiger partial charge in [-0.25, -0.2) is 0 Å². The van der Waals surface area contributed by atoms with Gasteiger partial charge in [0.1, 0.15) is 5.75 Å². The van der Waals surface area contributed by atoms with E-state index < -0.39 is 0 Å². The number of allylic oxidation sites excluding steroid dienone is 2. The summed E-state index contributed by atoms with van der Waals surface area (Å²) in [6.07, 6.45) is 3.45. The average molecular weight is 294 g/mol. The first kappa shape index (κ1) is 13.6. The van der Waals surface area contributed by atoms with E-state index in [1.165, 1.54) is 39.7 Å². The SMILES string of the molecule is C=C1c2[nH]c3ccc(OC)cc3c2CN2CCC1C(=CC)C2. The number of piperidine rings is 1. The molecule has 3 heteroatoms. The zero-order valence-corrected chi connectivity index (χ0v) is 13.3. The maximum absolute atomic E-state index is 5.40. The summed E-state index contributed by atoms with van der Waals surface area (Å²) >= 11 is 0. The number of nitrogens with one attached hydrogen (secondary N) is 1. The van der Waals surface area contributed by atoms with Crippen LogP contribution in [0, 0.1) is 5.92 Å². The molecule has 0 amide bonds. The van der Waals surface area contributed by atoms with E-state index in [1.54, 1.807) is 7.11 Å². The van der Waals surface area contributed by atoms with Gasteiger partial charge in [-0.1, -0.05) is 18.2 Å². The number of nitrogens with zero attached hydrogens (tertiary/aromatic N) is 1. The van der Waals surface area contributed by atoms with Crippen molar-refractivity contribution >= 4 is 16.5 Å². The van der Waals surface area contributed by atoms with E-state index in [1.807, 2.05) is 6.07 Å². The van der Waals surface area contributed by atoms with E-state index in [0.717, 1.165) is 25.4 Å². The third-order valence-corrected chi connectivity index (χ3v) is 5.20. The molecule has 3 aliphatic heterocycles. The molecule has 0 aliphatic carbocycles. The van der Waals surface area contributed by atoms with Gasteiger partial charge in [-0.3, -0.25) is 4.90 Å². The van der Waals surface area contributed by atoms with E-state index in [-0.39, 0.29) is 0 Å². The maximum Gasteiger partial charge on any atom is 0.119 e. The lowest BCUT2D eigenvalue weighted by Crippen LogP contribution is -2.37.